The molecule has 3 rings (SSSR count). The quantitative estimate of drug-likeness (QED) is 0.859. The maximum absolute atomic E-state index is 12.7. The number of aromatic nitrogens is 2. The molecule has 4 nitrogen and oxygen atoms in total. The van der Waals surface area contributed by atoms with E-state index in [1.165, 1.54) is 0 Å². The zero-order chi connectivity index (χ0) is 15.0. The van der Waals surface area contributed by atoms with E-state index in [1.807, 2.05) is 18.2 Å². The van der Waals surface area contributed by atoms with E-state index in [2.05, 4.69) is 15.3 Å². The van der Waals surface area contributed by atoms with Crippen molar-refractivity contribution in [2.75, 3.05) is 11.9 Å². The molecule has 2 heterocycles. The highest BCUT2D eigenvalue weighted by atomic mass is 35.5. The van der Waals surface area contributed by atoms with E-state index < -0.39 is 17.2 Å². The number of fused-ring (bicyclic) bond motifs is 1. The van der Waals surface area contributed by atoms with Crippen LogP contribution >= 0.6 is 11.6 Å². The van der Waals surface area contributed by atoms with Gasteiger partial charge in [0.25, 0.3) is 0 Å². The zero-order valence-corrected chi connectivity index (χ0v) is 11.2. The molecule has 0 saturated carbocycles. The predicted molar refractivity (Wildman–Crippen MR) is 70.3 cm³/mol. The van der Waals surface area contributed by atoms with Crippen molar-refractivity contribution in [2.24, 2.45) is 0 Å². The average molecular weight is 316 g/mol. The first-order chi connectivity index (χ1) is 9.93. The van der Waals surface area contributed by atoms with Crippen molar-refractivity contribution in [3.05, 3.63) is 46.9 Å². The van der Waals surface area contributed by atoms with Crippen LogP contribution in [0, 0.1) is 0 Å². The fourth-order valence-corrected chi connectivity index (χ4v) is 2.28. The summed E-state index contributed by atoms with van der Waals surface area (Å²) in [6.45, 7) is 0.308. The third-order valence-electron chi connectivity index (χ3n) is 3.01. The Morgan fingerprint density at radius 2 is 2.00 bits per heavy atom. The average Bonchev–Trinajstić information content (AvgIpc) is 2.81. The third kappa shape index (κ3) is 2.87. The molecule has 21 heavy (non-hydrogen) atoms. The van der Waals surface area contributed by atoms with Crippen molar-refractivity contribution in [2.45, 2.75) is 12.2 Å². The summed E-state index contributed by atoms with van der Waals surface area (Å²) < 4.78 is 43.5. The molecule has 2 aromatic rings. The minimum atomic E-state index is -4.58. The van der Waals surface area contributed by atoms with Gasteiger partial charge in [-0.3, -0.25) is 0 Å². The van der Waals surface area contributed by atoms with Gasteiger partial charge in [0.1, 0.15) is 18.2 Å². The predicted octanol–water partition coefficient (Wildman–Crippen LogP) is 3.69. The molecule has 1 atom stereocenters. The smallest absolute Gasteiger partial charge is 0.433 e. The Labute approximate surface area is 122 Å². The van der Waals surface area contributed by atoms with Crippen molar-refractivity contribution in [3.8, 4) is 5.75 Å². The van der Waals surface area contributed by atoms with Crippen LogP contribution in [-0.2, 0) is 6.18 Å². The number of hydrogen-bond donors (Lipinski definition) is 1. The summed E-state index contributed by atoms with van der Waals surface area (Å²) in [7, 11) is 0. The maximum atomic E-state index is 12.7. The largest absolute Gasteiger partial charge is 0.491 e. The van der Waals surface area contributed by atoms with E-state index in [-0.39, 0.29) is 11.9 Å². The highest BCUT2D eigenvalue weighted by molar-refractivity contribution is 6.28. The SMILES string of the molecule is FC(F)(F)c1cc(NC2COc3ccccc32)nc(Cl)n1. The molecule has 0 aliphatic carbocycles. The van der Waals surface area contributed by atoms with Gasteiger partial charge in [-0.05, 0) is 17.7 Å². The summed E-state index contributed by atoms with van der Waals surface area (Å²) in [6.07, 6.45) is -4.58. The lowest BCUT2D eigenvalue weighted by Crippen LogP contribution is -2.15. The number of nitrogens with one attached hydrogen (secondary N) is 1. The minimum Gasteiger partial charge on any atom is -0.491 e. The van der Waals surface area contributed by atoms with E-state index in [4.69, 9.17) is 16.3 Å². The van der Waals surface area contributed by atoms with Gasteiger partial charge in [-0.15, -0.1) is 0 Å². The molecule has 0 radical (unpaired) electrons. The molecule has 1 N–H and O–H groups in total. The van der Waals surface area contributed by atoms with Crippen LogP contribution in [0.5, 0.6) is 5.75 Å². The zero-order valence-electron chi connectivity index (χ0n) is 10.5. The Morgan fingerprint density at radius 3 is 2.76 bits per heavy atom. The first-order valence-corrected chi connectivity index (χ1v) is 6.41. The van der Waals surface area contributed by atoms with E-state index >= 15 is 0 Å². The lowest BCUT2D eigenvalue weighted by molar-refractivity contribution is -0.141. The second-order valence-electron chi connectivity index (χ2n) is 4.45. The third-order valence-corrected chi connectivity index (χ3v) is 3.18. The molecule has 110 valence electrons. The van der Waals surface area contributed by atoms with Crippen LogP contribution in [-0.4, -0.2) is 16.6 Å². The van der Waals surface area contributed by atoms with E-state index in [9.17, 15) is 13.2 Å². The number of nitrogens with zero attached hydrogens (tertiary/aromatic N) is 2. The number of alkyl halides is 3. The number of hydrogen-bond acceptors (Lipinski definition) is 4. The monoisotopic (exact) mass is 315 g/mol. The van der Waals surface area contributed by atoms with Crippen LogP contribution in [0.15, 0.2) is 30.3 Å². The molecule has 8 heteroatoms. The summed E-state index contributed by atoms with van der Waals surface area (Å²) in [5.41, 5.74) is -0.224. The standard InChI is InChI=1S/C13H9ClF3N3O/c14-12-19-10(13(15,16)17)5-11(20-12)18-8-6-21-9-4-2-1-3-7(8)9/h1-5,8H,6H2,(H,18,19,20). The number of ether oxygens (including phenoxy) is 1. The normalized spacial score (nSPS) is 17.2. The van der Waals surface area contributed by atoms with E-state index in [0.717, 1.165) is 11.6 Å². The van der Waals surface area contributed by atoms with Crippen LogP contribution < -0.4 is 10.1 Å². The van der Waals surface area contributed by atoms with Gasteiger partial charge in [0.05, 0.1) is 6.04 Å². The second-order valence-corrected chi connectivity index (χ2v) is 4.79. The van der Waals surface area contributed by atoms with Gasteiger partial charge in [0.2, 0.25) is 5.28 Å². The van der Waals surface area contributed by atoms with Crippen LogP contribution in [0.4, 0.5) is 19.0 Å². The van der Waals surface area contributed by atoms with Gasteiger partial charge < -0.3 is 10.1 Å². The molecule has 0 bridgehead atoms. The number of anilines is 1. The van der Waals surface area contributed by atoms with Crippen molar-refractivity contribution in [1.29, 1.82) is 0 Å². The Hall–Kier alpha value is -2.02. The molecule has 0 saturated heterocycles. The molecule has 0 amide bonds. The molecule has 0 spiro atoms. The molecular formula is C13H9ClF3N3O. The van der Waals surface area contributed by atoms with Gasteiger partial charge >= 0.3 is 6.18 Å². The van der Waals surface area contributed by atoms with Gasteiger partial charge in [-0.2, -0.15) is 13.2 Å². The van der Waals surface area contributed by atoms with Gasteiger partial charge in [-0.25, -0.2) is 9.97 Å². The van der Waals surface area contributed by atoms with Crippen LogP contribution in [0.3, 0.4) is 0 Å². The Balaban J connectivity index is 1.88. The number of rotatable bonds is 2. The second kappa shape index (κ2) is 5.07. The first kappa shape index (κ1) is 13.9. The Morgan fingerprint density at radius 1 is 1.24 bits per heavy atom. The summed E-state index contributed by atoms with van der Waals surface area (Å²) in [4.78, 5) is 6.95. The molecule has 1 aliphatic rings. The summed E-state index contributed by atoms with van der Waals surface area (Å²) in [5, 5.41) is 2.43. The molecule has 1 aromatic carbocycles. The lowest BCUT2D eigenvalue weighted by atomic mass is 10.1. The van der Waals surface area contributed by atoms with Crippen molar-refractivity contribution < 1.29 is 17.9 Å². The molecule has 0 fully saturated rings. The van der Waals surface area contributed by atoms with E-state index in [1.54, 1.807) is 6.07 Å². The number of benzene rings is 1. The van der Waals surface area contributed by atoms with E-state index in [0.29, 0.717) is 12.4 Å². The highest BCUT2D eigenvalue weighted by Crippen LogP contribution is 2.35. The summed E-state index contributed by atoms with van der Waals surface area (Å²) >= 11 is 5.55. The van der Waals surface area contributed by atoms with Gasteiger partial charge in [0.15, 0.2) is 5.69 Å². The summed E-state index contributed by atoms with van der Waals surface area (Å²) in [6, 6.07) is 7.83. The topological polar surface area (TPSA) is 47.0 Å². The minimum absolute atomic E-state index is 0.00706. The van der Waals surface area contributed by atoms with Crippen LogP contribution in [0.25, 0.3) is 0 Å². The fraction of sp³-hybridized carbons (Fsp3) is 0.231. The lowest BCUT2D eigenvalue weighted by Gasteiger charge is -2.14. The number of halogens is 4. The van der Waals surface area contributed by atoms with Crippen molar-refractivity contribution in [1.82, 2.24) is 9.97 Å². The molecular weight excluding hydrogens is 307 g/mol. The fourth-order valence-electron chi connectivity index (χ4n) is 2.10. The highest BCUT2D eigenvalue weighted by Gasteiger charge is 2.34. The van der Waals surface area contributed by atoms with Crippen LogP contribution in [0.1, 0.15) is 17.3 Å². The number of para-hydroxylation sites is 1. The van der Waals surface area contributed by atoms with Crippen molar-refractivity contribution in [3.63, 3.8) is 0 Å². The van der Waals surface area contributed by atoms with Gasteiger partial charge in [-0.1, -0.05) is 18.2 Å². The Bertz CT molecular complexity index is 678. The van der Waals surface area contributed by atoms with Crippen molar-refractivity contribution >= 4 is 17.4 Å². The Kier molecular flexibility index (Phi) is 3.36. The maximum Gasteiger partial charge on any atom is 0.433 e. The van der Waals surface area contributed by atoms with Gasteiger partial charge in [0, 0.05) is 11.6 Å². The van der Waals surface area contributed by atoms with Crippen LogP contribution in [0.2, 0.25) is 5.28 Å². The molecule has 1 aliphatic heterocycles. The summed E-state index contributed by atoms with van der Waals surface area (Å²) in [5.74, 6) is 0.707. The molecule has 1 aromatic heterocycles. The first-order valence-electron chi connectivity index (χ1n) is 6.03. The molecule has 1 unspecified atom stereocenters.